The molecule has 2 saturated heterocycles. The number of methoxy groups -OCH3 is 1. The van der Waals surface area contributed by atoms with Crippen molar-refractivity contribution in [3.8, 4) is 11.5 Å². The van der Waals surface area contributed by atoms with Crippen molar-refractivity contribution < 1.29 is 28.6 Å². The molecule has 0 unspecified atom stereocenters. The Balaban J connectivity index is 1.38. The Hall–Kier alpha value is -4.15. The van der Waals surface area contributed by atoms with Crippen LogP contribution < -0.4 is 20.1 Å². The molecular weight excluding hydrogens is 560 g/mol. The number of anilines is 2. The number of rotatable bonds is 9. The van der Waals surface area contributed by atoms with E-state index in [0.717, 1.165) is 56.6 Å². The van der Waals surface area contributed by atoms with Gasteiger partial charge < -0.3 is 29.7 Å². The maximum Gasteiger partial charge on any atom is 0.321 e. The van der Waals surface area contributed by atoms with Crippen molar-refractivity contribution in [2.45, 2.75) is 39.0 Å². The summed E-state index contributed by atoms with van der Waals surface area (Å²) in [7, 11) is 1.47. The van der Waals surface area contributed by atoms with Gasteiger partial charge in [0.05, 0.1) is 31.7 Å². The first kappa shape index (κ1) is 31.3. The Labute approximate surface area is 258 Å². The van der Waals surface area contributed by atoms with Crippen molar-refractivity contribution in [2.75, 3.05) is 70.3 Å². The molecule has 3 aromatic carbocycles. The molecule has 2 N–H and O–H groups in total. The van der Waals surface area contributed by atoms with Crippen LogP contribution in [-0.2, 0) is 14.9 Å². The average molecular weight is 603 g/mol. The molecule has 10 heteroatoms. The van der Waals surface area contributed by atoms with E-state index in [1.54, 1.807) is 23.1 Å². The summed E-state index contributed by atoms with van der Waals surface area (Å²) in [6.45, 7) is 12.0. The predicted molar refractivity (Wildman–Crippen MR) is 171 cm³/mol. The molecule has 3 amide bonds. The first-order valence-electron chi connectivity index (χ1n) is 15.2. The Kier molecular flexibility index (Phi) is 9.71. The molecule has 2 fully saturated rings. The number of nitrogens with one attached hydrogen (secondary N) is 2. The molecular formula is C34H42N4O6. The van der Waals surface area contributed by atoms with Crippen LogP contribution in [-0.4, -0.2) is 87.2 Å². The number of likely N-dealkylation sites (tertiary alicyclic amines) is 1. The lowest BCUT2D eigenvalue weighted by Gasteiger charge is -2.26. The molecule has 234 valence electrons. The second kappa shape index (κ2) is 13.7. The van der Waals surface area contributed by atoms with Crippen LogP contribution in [0.1, 0.15) is 49.5 Å². The third-order valence-electron chi connectivity index (χ3n) is 8.15. The number of morpholine rings is 1. The van der Waals surface area contributed by atoms with Gasteiger partial charge in [-0.3, -0.25) is 14.5 Å². The zero-order valence-corrected chi connectivity index (χ0v) is 26.0. The van der Waals surface area contributed by atoms with Gasteiger partial charge in [0.2, 0.25) is 0 Å². The highest BCUT2D eigenvalue weighted by Gasteiger charge is 2.26. The maximum atomic E-state index is 13.6. The summed E-state index contributed by atoms with van der Waals surface area (Å²) in [6, 6.07) is 14.2. The topological polar surface area (TPSA) is 109 Å². The van der Waals surface area contributed by atoms with Crippen LogP contribution >= 0.6 is 0 Å². The van der Waals surface area contributed by atoms with Crippen LogP contribution in [0.5, 0.6) is 11.5 Å². The third kappa shape index (κ3) is 7.14. The first-order chi connectivity index (χ1) is 21.2. The molecule has 0 atom stereocenters. The second-order valence-corrected chi connectivity index (χ2v) is 12.2. The molecule has 10 nitrogen and oxygen atoms in total. The van der Waals surface area contributed by atoms with Crippen LogP contribution in [0, 0.1) is 0 Å². The van der Waals surface area contributed by atoms with Crippen molar-refractivity contribution in [2.24, 2.45) is 0 Å². The van der Waals surface area contributed by atoms with E-state index in [0.29, 0.717) is 42.2 Å². The molecule has 0 bridgehead atoms. The van der Waals surface area contributed by atoms with Gasteiger partial charge in [-0.25, -0.2) is 4.79 Å². The Morgan fingerprint density at radius 1 is 0.886 bits per heavy atom. The van der Waals surface area contributed by atoms with Crippen molar-refractivity contribution >= 4 is 39.9 Å². The van der Waals surface area contributed by atoms with Crippen molar-refractivity contribution in [3.05, 3.63) is 59.7 Å². The smallest absolute Gasteiger partial charge is 0.321 e. The van der Waals surface area contributed by atoms with Gasteiger partial charge >= 0.3 is 6.03 Å². The lowest BCUT2D eigenvalue weighted by Crippen LogP contribution is -2.38. The fourth-order valence-electron chi connectivity index (χ4n) is 5.59. The van der Waals surface area contributed by atoms with Crippen LogP contribution in [0.25, 0.3) is 10.8 Å². The average Bonchev–Trinajstić information content (AvgIpc) is 3.56. The van der Waals surface area contributed by atoms with Gasteiger partial charge in [0, 0.05) is 43.7 Å². The first-order valence-corrected chi connectivity index (χ1v) is 15.2. The number of urea groups is 1. The van der Waals surface area contributed by atoms with Crippen LogP contribution in [0.15, 0.2) is 48.5 Å². The number of ether oxygens (including phenoxy) is 3. The van der Waals surface area contributed by atoms with E-state index in [1.165, 1.54) is 7.11 Å². The number of carbonyl (C=O) groups is 3. The monoisotopic (exact) mass is 602 g/mol. The van der Waals surface area contributed by atoms with E-state index < -0.39 is 11.7 Å². The number of ketones is 1. The van der Waals surface area contributed by atoms with E-state index >= 15 is 0 Å². The van der Waals surface area contributed by atoms with Crippen LogP contribution in [0.3, 0.4) is 0 Å². The number of nitrogens with zero attached hydrogens (tertiary/aromatic N) is 2. The molecule has 2 aliphatic heterocycles. The summed E-state index contributed by atoms with van der Waals surface area (Å²) >= 11 is 0. The summed E-state index contributed by atoms with van der Waals surface area (Å²) in [4.78, 5) is 44.1. The summed E-state index contributed by atoms with van der Waals surface area (Å²) in [5.74, 6) is -0.562. The number of hydrogen-bond acceptors (Lipinski definition) is 7. The van der Waals surface area contributed by atoms with Crippen LogP contribution in [0.4, 0.5) is 16.2 Å². The van der Waals surface area contributed by atoms with Gasteiger partial charge in [0.25, 0.3) is 11.7 Å². The van der Waals surface area contributed by atoms with E-state index in [4.69, 9.17) is 14.2 Å². The molecule has 2 heterocycles. The minimum Gasteiger partial charge on any atom is -0.492 e. The molecule has 0 aromatic heterocycles. The molecule has 44 heavy (non-hydrogen) atoms. The quantitative estimate of drug-likeness (QED) is 0.253. The zero-order valence-electron chi connectivity index (χ0n) is 26.0. The van der Waals surface area contributed by atoms with Gasteiger partial charge in [-0.05, 0) is 53.5 Å². The highest BCUT2D eigenvalue weighted by molar-refractivity contribution is 6.48. The van der Waals surface area contributed by atoms with Crippen molar-refractivity contribution in [3.63, 3.8) is 0 Å². The van der Waals surface area contributed by atoms with E-state index in [9.17, 15) is 14.4 Å². The SMILES string of the molecule is COc1c(NC(=O)C(=O)c2ccc(OCCN3CCOCC3)c3ccccc23)cc(C(C)(C)C)cc1NC(=O)N1CCCC1. The van der Waals surface area contributed by atoms with Gasteiger partial charge in [-0.15, -0.1) is 0 Å². The summed E-state index contributed by atoms with van der Waals surface area (Å²) in [6.07, 6.45) is 1.93. The maximum absolute atomic E-state index is 13.6. The zero-order chi connectivity index (χ0) is 31.3. The molecule has 5 rings (SSSR count). The normalized spacial score (nSPS) is 15.7. The lowest BCUT2D eigenvalue weighted by atomic mass is 9.86. The van der Waals surface area contributed by atoms with Crippen molar-refractivity contribution in [1.82, 2.24) is 9.80 Å². The Morgan fingerprint density at radius 2 is 1.55 bits per heavy atom. The summed E-state index contributed by atoms with van der Waals surface area (Å²) < 4.78 is 17.2. The Morgan fingerprint density at radius 3 is 2.20 bits per heavy atom. The minimum absolute atomic E-state index is 0.223. The molecule has 0 radical (unpaired) electrons. The van der Waals surface area contributed by atoms with Gasteiger partial charge in [0.15, 0.2) is 5.75 Å². The number of fused-ring (bicyclic) bond motifs is 1. The third-order valence-corrected chi connectivity index (χ3v) is 8.15. The molecule has 0 spiro atoms. The number of Topliss-reactive ketones (excluding diaryl/α,β-unsaturated/α-hetero) is 1. The summed E-state index contributed by atoms with van der Waals surface area (Å²) in [5.41, 5.74) is 1.57. The lowest BCUT2D eigenvalue weighted by molar-refractivity contribution is -0.112. The van der Waals surface area contributed by atoms with E-state index in [-0.39, 0.29) is 22.8 Å². The fraction of sp³-hybridized carbons (Fsp3) is 0.441. The number of benzene rings is 3. The van der Waals surface area contributed by atoms with E-state index in [2.05, 4.69) is 15.5 Å². The number of amides is 3. The molecule has 3 aromatic rings. The van der Waals surface area contributed by atoms with Gasteiger partial charge in [0.1, 0.15) is 12.4 Å². The molecule has 0 aliphatic carbocycles. The van der Waals surface area contributed by atoms with Gasteiger partial charge in [-0.2, -0.15) is 0 Å². The summed E-state index contributed by atoms with van der Waals surface area (Å²) in [5, 5.41) is 7.13. The number of carbonyl (C=O) groups excluding carboxylic acids is 3. The highest BCUT2D eigenvalue weighted by atomic mass is 16.5. The largest absolute Gasteiger partial charge is 0.492 e. The predicted octanol–water partition coefficient (Wildman–Crippen LogP) is 5.31. The minimum atomic E-state index is -0.808. The Bertz CT molecular complexity index is 1520. The van der Waals surface area contributed by atoms with Gasteiger partial charge in [-0.1, -0.05) is 45.0 Å². The second-order valence-electron chi connectivity index (χ2n) is 12.2. The van der Waals surface area contributed by atoms with Crippen molar-refractivity contribution in [1.29, 1.82) is 0 Å². The van der Waals surface area contributed by atoms with E-state index in [1.807, 2.05) is 51.1 Å². The van der Waals surface area contributed by atoms with Crippen LogP contribution in [0.2, 0.25) is 0 Å². The fourth-order valence-corrected chi connectivity index (χ4v) is 5.59. The number of hydrogen-bond donors (Lipinski definition) is 2. The standard InChI is InChI=1S/C34H42N4O6/c1-34(2,3)23-21-27(31(42-4)28(22-23)36-33(41)38-13-7-8-14-38)35-32(40)30(39)26-11-12-29(25-10-6-5-9-24(25)26)44-20-17-37-15-18-43-19-16-37/h5-6,9-12,21-22H,7-8,13-20H2,1-4H3,(H,35,40)(H,36,41). The highest BCUT2D eigenvalue weighted by Crippen LogP contribution is 2.39. The molecule has 0 saturated carbocycles. The molecule has 2 aliphatic rings.